The van der Waals surface area contributed by atoms with E-state index < -0.39 is 0 Å². The molecule has 3 N–H and O–H groups in total. The zero-order valence-electron chi connectivity index (χ0n) is 7.25. The van der Waals surface area contributed by atoms with E-state index in [1.165, 1.54) is 12.8 Å². The van der Waals surface area contributed by atoms with Crippen LogP contribution in [0.1, 0.15) is 25.7 Å². The summed E-state index contributed by atoms with van der Waals surface area (Å²) >= 11 is 0. The van der Waals surface area contributed by atoms with Gasteiger partial charge in [0.15, 0.2) is 5.78 Å². The lowest BCUT2D eigenvalue weighted by Crippen LogP contribution is -2.58. The molecule has 1 aliphatic carbocycles. The highest BCUT2D eigenvalue weighted by Crippen LogP contribution is 2.27. The fraction of sp³-hybridized carbons (Fsp3) is 0.889. The van der Waals surface area contributed by atoms with Crippen molar-refractivity contribution in [1.29, 1.82) is 0 Å². The van der Waals surface area contributed by atoms with Gasteiger partial charge in [0.25, 0.3) is 0 Å². The molecule has 2 fully saturated rings. The van der Waals surface area contributed by atoms with Crippen LogP contribution < -0.4 is 11.1 Å². The van der Waals surface area contributed by atoms with E-state index in [2.05, 4.69) is 5.32 Å². The predicted molar refractivity (Wildman–Crippen MR) is 46.7 cm³/mol. The Balaban J connectivity index is 2.08. The molecule has 0 aromatic heterocycles. The van der Waals surface area contributed by atoms with Gasteiger partial charge in [-0.2, -0.15) is 0 Å². The highest BCUT2D eigenvalue weighted by molar-refractivity contribution is 5.87. The van der Waals surface area contributed by atoms with Gasteiger partial charge in [0.1, 0.15) is 0 Å². The third-order valence-electron chi connectivity index (χ3n) is 3.10. The van der Waals surface area contributed by atoms with Crippen LogP contribution in [0.4, 0.5) is 0 Å². The van der Waals surface area contributed by atoms with Crippen LogP contribution >= 0.6 is 0 Å². The Kier molecular flexibility index (Phi) is 2.15. The van der Waals surface area contributed by atoms with Crippen molar-refractivity contribution in [2.24, 2.45) is 11.7 Å². The second-order valence-electron chi connectivity index (χ2n) is 3.91. The van der Waals surface area contributed by atoms with Gasteiger partial charge in [-0.05, 0) is 12.8 Å². The number of nitrogens with two attached hydrogens (primary N) is 1. The third kappa shape index (κ3) is 1.27. The van der Waals surface area contributed by atoms with Crippen molar-refractivity contribution in [3.8, 4) is 0 Å². The normalized spacial score (nSPS) is 42.4. The van der Waals surface area contributed by atoms with E-state index in [-0.39, 0.29) is 12.0 Å². The fourth-order valence-corrected chi connectivity index (χ4v) is 2.37. The average molecular weight is 168 g/mol. The maximum atomic E-state index is 11.6. The summed E-state index contributed by atoms with van der Waals surface area (Å²) in [6.07, 6.45) is 4.66. The van der Waals surface area contributed by atoms with E-state index in [0.29, 0.717) is 18.4 Å². The summed E-state index contributed by atoms with van der Waals surface area (Å²) in [7, 11) is 0. The van der Waals surface area contributed by atoms with E-state index in [9.17, 15) is 4.79 Å². The van der Waals surface area contributed by atoms with Crippen molar-refractivity contribution in [3.63, 3.8) is 0 Å². The Bertz CT molecular complexity index is 193. The van der Waals surface area contributed by atoms with Gasteiger partial charge in [-0.3, -0.25) is 4.79 Å². The smallest absolute Gasteiger partial charge is 0.155 e. The zero-order chi connectivity index (χ0) is 8.55. The average Bonchev–Trinajstić information content (AvgIpc) is 2.12. The summed E-state index contributed by atoms with van der Waals surface area (Å²) in [4.78, 5) is 11.6. The molecule has 0 radical (unpaired) electrons. The molecule has 0 bridgehead atoms. The Labute approximate surface area is 72.7 Å². The first-order valence-corrected chi connectivity index (χ1v) is 4.82. The number of nitrogens with one attached hydrogen (secondary N) is 1. The van der Waals surface area contributed by atoms with Crippen LogP contribution in [0, 0.1) is 5.92 Å². The Hall–Kier alpha value is -0.410. The minimum absolute atomic E-state index is 0.225. The molecule has 0 aromatic rings. The first kappa shape index (κ1) is 8.20. The monoisotopic (exact) mass is 168 g/mol. The standard InChI is InChI=1S/C9H16N2O/c10-7-5-11-8-4-2-1-3-6(8)9(7)12/h6-8,11H,1-5,10H2. The van der Waals surface area contributed by atoms with E-state index in [0.717, 1.165) is 12.8 Å². The second kappa shape index (κ2) is 3.15. The first-order chi connectivity index (χ1) is 5.79. The highest BCUT2D eigenvalue weighted by atomic mass is 16.1. The van der Waals surface area contributed by atoms with Crippen LogP contribution in [-0.2, 0) is 4.79 Å². The van der Waals surface area contributed by atoms with Crippen LogP contribution in [0.25, 0.3) is 0 Å². The van der Waals surface area contributed by atoms with Crippen molar-refractivity contribution in [3.05, 3.63) is 0 Å². The summed E-state index contributed by atoms with van der Waals surface area (Å²) in [5, 5.41) is 3.36. The van der Waals surface area contributed by atoms with Gasteiger partial charge in [0.2, 0.25) is 0 Å². The topological polar surface area (TPSA) is 55.1 Å². The van der Waals surface area contributed by atoms with Crippen molar-refractivity contribution in [1.82, 2.24) is 5.32 Å². The maximum Gasteiger partial charge on any atom is 0.155 e. The van der Waals surface area contributed by atoms with Gasteiger partial charge in [-0.25, -0.2) is 0 Å². The van der Waals surface area contributed by atoms with E-state index in [1.807, 2.05) is 0 Å². The quantitative estimate of drug-likeness (QED) is 0.537. The molecule has 3 unspecified atom stereocenters. The molecular formula is C9H16N2O. The molecule has 0 amide bonds. The van der Waals surface area contributed by atoms with Gasteiger partial charge < -0.3 is 11.1 Å². The van der Waals surface area contributed by atoms with Crippen LogP contribution in [-0.4, -0.2) is 24.4 Å². The van der Waals surface area contributed by atoms with Crippen molar-refractivity contribution >= 4 is 5.78 Å². The van der Waals surface area contributed by atoms with Crippen molar-refractivity contribution < 1.29 is 4.79 Å². The van der Waals surface area contributed by atoms with Gasteiger partial charge in [-0.15, -0.1) is 0 Å². The van der Waals surface area contributed by atoms with Crippen LogP contribution in [0.5, 0.6) is 0 Å². The lowest BCUT2D eigenvalue weighted by Gasteiger charge is -2.37. The molecule has 3 atom stereocenters. The number of rotatable bonds is 0. The van der Waals surface area contributed by atoms with Crippen LogP contribution in [0.3, 0.4) is 0 Å². The lowest BCUT2D eigenvalue weighted by molar-refractivity contribution is -0.127. The molecule has 1 heterocycles. The Morgan fingerprint density at radius 3 is 2.92 bits per heavy atom. The molecule has 12 heavy (non-hydrogen) atoms. The SMILES string of the molecule is NC1CNC2CCCCC2C1=O. The molecule has 3 nitrogen and oxygen atoms in total. The molecule has 1 saturated heterocycles. The molecule has 1 saturated carbocycles. The molecule has 68 valence electrons. The number of hydrogen-bond acceptors (Lipinski definition) is 3. The van der Waals surface area contributed by atoms with Gasteiger partial charge in [0.05, 0.1) is 6.04 Å². The number of ketones is 1. The summed E-state index contributed by atoms with van der Waals surface area (Å²) in [6.45, 7) is 0.681. The van der Waals surface area contributed by atoms with Crippen LogP contribution in [0.15, 0.2) is 0 Å². The third-order valence-corrected chi connectivity index (χ3v) is 3.10. The number of hydrogen-bond donors (Lipinski definition) is 2. The summed E-state index contributed by atoms with van der Waals surface area (Å²) in [5.74, 6) is 0.515. The van der Waals surface area contributed by atoms with Gasteiger partial charge >= 0.3 is 0 Å². The Morgan fingerprint density at radius 2 is 2.08 bits per heavy atom. The highest BCUT2D eigenvalue weighted by Gasteiger charge is 2.37. The van der Waals surface area contributed by atoms with E-state index in [1.54, 1.807) is 0 Å². The molecule has 2 rings (SSSR count). The molecule has 1 aliphatic heterocycles. The van der Waals surface area contributed by atoms with Gasteiger partial charge in [0, 0.05) is 18.5 Å². The molecule has 0 aromatic carbocycles. The number of fused-ring (bicyclic) bond motifs is 1. The molecule has 0 spiro atoms. The van der Waals surface area contributed by atoms with E-state index in [4.69, 9.17) is 5.73 Å². The summed E-state index contributed by atoms with van der Waals surface area (Å²) in [5.41, 5.74) is 5.67. The molecule has 2 aliphatic rings. The second-order valence-corrected chi connectivity index (χ2v) is 3.91. The number of Topliss-reactive ketones (excluding diaryl/α,β-unsaturated/α-hetero) is 1. The lowest BCUT2D eigenvalue weighted by atomic mass is 9.77. The molecule has 3 heteroatoms. The van der Waals surface area contributed by atoms with Crippen LogP contribution in [0.2, 0.25) is 0 Å². The molecular weight excluding hydrogens is 152 g/mol. The fourth-order valence-electron chi connectivity index (χ4n) is 2.37. The Morgan fingerprint density at radius 1 is 1.33 bits per heavy atom. The predicted octanol–water partition coefficient (Wildman–Crippen LogP) is 0.0448. The van der Waals surface area contributed by atoms with Gasteiger partial charge in [-0.1, -0.05) is 12.8 Å². The minimum atomic E-state index is -0.246. The van der Waals surface area contributed by atoms with Crippen molar-refractivity contribution in [2.45, 2.75) is 37.8 Å². The van der Waals surface area contributed by atoms with Crippen molar-refractivity contribution in [2.75, 3.05) is 6.54 Å². The largest absolute Gasteiger partial charge is 0.320 e. The summed E-state index contributed by atoms with van der Waals surface area (Å²) < 4.78 is 0. The van der Waals surface area contributed by atoms with E-state index >= 15 is 0 Å². The number of piperidine rings is 1. The summed E-state index contributed by atoms with van der Waals surface area (Å²) in [6, 6.07) is 0.190. The minimum Gasteiger partial charge on any atom is -0.320 e. The number of carbonyl (C=O) groups is 1. The zero-order valence-corrected chi connectivity index (χ0v) is 7.25. The maximum absolute atomic E-state index is 11.6. The number of carbonyl (C=O) groups excluding carboxylic acids is 1. The first-order valence-electron chi connectivity index (χ1n) is 4.82.